The Balaban J connectivity index is 2.10. The highest BCUT2D eigenvalue weighted by Gasteiger charge is 2.36. The smallest absolute Gasteiger partial charge is 0.123 e. The Labute approximate surface area is 72.4 Å². The van der Waals surface area contributed by atoms with Crippen LogP contribution in [0.15, 0.2) is 24.3 Å². The topological polar surface area (TPSA) is 0 Å². The molecule has 0 nitrogen and oxygen atoms in total. The molecule has 0 amide bonds. The highest BCUT2D eigenvalue weighted by molar-refractivity contribution is 5.25. The Hall–Kier alpha value is -0.850. The number of hydrogen-bond acceptors (Lipinski definition) is 0. The zero-order chi connectivity index (χ0) is 8.55. The maximum Gasteiger partial charge on any atom is 0.123 e. The SMILES string of the molecule is CC[C@H]1C[C@H]1c1ccc(F)cc1. The quantitative estimate of drug-likeness (QED) is 0.629. The molecule has 0 saturated heterocycles. The van der Waals surface area contributed by atoms with Gasteiger partial charge in [0.15, 0.2) is 0 Å². The van der Waals surface area contributed by atoms with E-state index in [1.165, 1.54) is 18.4 Å². The van der Waals surface area contributed by atoms with E-state index in [0.29, 0.717) is 0 Å². The van der Waals surface area contributed by atoms with Gasteiger partial charge in [-0.2, -0.15) is 0 Å². The maximum atomic E-state index is 12.5. The third-order valence-corrected chi connectivity index (χ3v) is 2.75. The van der Waals surface area contributed by atoms with Gasteiger partial charge >= 0.3 is 0 Å². The third kappa shape index (κ3) is 1.36. The zero-order valence-corrected chi connectivity index (χ0v) is 7.26. The Morgan fingerprint density at radius 3 is 2.50 bits per heavy atom. The van der Waals surface area contributed by atoms with Crippen LogP contribution >= 0.6 is 0 Å². The molecule has 0 N–H and O–H groups in total. The van der Waals surface area contributed by atoms with Gasteiger partial charge in [0, 0.05) is 0 Å². The summed E-state index contributed by atoms with van der Waals surface area (Å²) in [5, 5.41) is 0. The Morgan fingerprint density at radius 1 is 1.33 bits per heavy atom. The summed E-state index contributed by atoms with van der Waals surface area (Å²) in [6.07, 6.45) is 2.55. The number of rotatable bonds is 2. The summed E-state index contributed by atoms with van der Waals surface area (Å²) in [4.78, 5) is 0. The first-order valence-electron chi connectivity index (χ1n) is 4.56. The molecule has 0 aliphatic heterocycles. The minimum Gasteiger partial charge on any atom is -0.207 e. The van der Waals surface area contributed by atoms with E-state index in [-0.39, 0.29) is 5.82 Å². The molecule has 0 aromatic heterocycles. The summed E-state index contributed by atoms with van der Waals surface area (Å²) < 4.78 is 12.5. The lowest BCUT2D eigenvalue weighted by Crippen LogP contribution is -1.82. The van der Waals surface area contributed by atoms with Crippen LogP contribution in [0.1, 0.15) is 31.2 Å². The molecule has 2 rings (SSSR count). The van der Waals surface area contributed by atoms with E-state index in [1.807, 2.05) is 12.1 Å². The fourth-order valence-corrected chi connectivity index (χ4v) is 1.82. The Kier molecular flexibility index (Phi) is 1.87. The van der Waals surface area contributed by atoms with Crippen molar-refractivity contribution in [3.63, 3.8) is 0 Å². The first-order valence-corrected chi connectivity index (χ1v) is 4.56. The lowest BCUT2D eigenvalue weighted by Gasteiger charge is -1.97. The third-order valence-electron chi connectivity index (χ3n) is 2.75. The lowest BCUT2D eigenvalue weighted by molar-refractivity contribution is 0.626. The zero-order valence-electron chi connectivity index (χ0n) is 7.26. The summed E-state index contributed by atoms with van der Waals surface area (Å²) in [6, 6.07) is 6.94. The maximum absolute atomic E-state index is 12.5. The molecule has 0 spiro atoms. The second-order valence-corrected chi connectivity index (χ2v) is 3.56. The minimum absolute atomic E-state index is 0.132. The van der Waals surface area contributed by atoms with Crippen LogP contribution in [0.5, 0.6) is 0 Å². The van der Waals surface area contributed by atoms with Crippen molar-refractivity contribution >= 4 is 0 Å². The summed E-state index contributed by atoms with van der Waals surface area (Å²) in [6.45, 7) is 2.22. The lowest BCUT2D eigenvalue weighted by atomic mass is 10.1. The first-order chi connectivity index (χ1) is 5.81. The molecule has 2 atom stereocenters. The van der Waals surface area contributed by atoms with Gasteiger partial charge in [0.25, 0.3) is 0 Å². The van der Waals surface area contributed by atoms with Crippen molar-refractivity contribution in [1.29, 1.82) is 0 Å². The molecule has 0 radical (unpaired) electrons. The van der Waals surface area contributed by atoms with Gasteiger partial charge in [-0.15, -0.1) is 0 Å². The highest BCUT2D eigenvalue weighted by Crippen LogP contribution is 2.49. The molecule has 1 aromatic rings. The minimum atomic E-state index is -0.132. The van der Waals surface area contributed by atoms with Crippen LogP contribution in [0.4, 0.5) is 4.39 Å². The molecule has 1 heteroatoms. The van der Waals surface area contributed by atoms with Crippen molar-refractivity contribution in [2.24, 2.45) is 5.92 Å². The van der Waals surface area contributed by atoms with E-state index in [1.54, 1.807) is 12.1 Å². The second-order valence-electron chi connectivity index (χ2n) is 3.56. The van der Waals surface area contributed by atoms with E-state index in [4.69, 9.17) is 0 Å². The van der Waals surface area contributed by atoms with Gasteiger partial charge in [0.2, 0.25) is 0 Å². The van der Waals surface area contributed by atoms with E-state index >= 15 is 0 Å². The van der Waals surface area contributed by atoms with Crippen molar-refractivity contribution in [2.75, 3.05) is 0 Å². The first kappa shape index (κ1) is 7.78. The van der Waals surface area contributed by atoms with Gasteiger partial charge < -0.3 is 0 Å². The van der Waals surface area contributed by atoms with Crippen molar-refractivity contribution in [3.05, 3.63) is 35.6 Å². The van der Waals surface area contributed by atoms with Crippen LogP contribution in [0.3, 0.4) is 0 Å². The molecular formula is C11H13F. The van der Waals surface area contributed by atoms with Crippen molar-refractivity contribution < 1.29 is 4.39 Å². The van der Waals surface area contributed by atoms with Gasteiger partial charge in [-0.05, 0) is 36.0 Å². The fourth-order valence-electron chi connectivity index (χ4n) is 1.82. The summed E-state index contributed by atoms with van der Waals surface area (Å²) >= 11 is 0. The van der Waals surface area contributed by atoms with Gasteiger partial charge in [-0.3, -0.25) is 0 Å². The molecule has 64 valence electrons. The number of halogens is 1. The Bertz CT molecular complexity index is 263. The predicted molar refractivity (Wildman–Crippen MR) is 47.5 cm³/mol. The molecular weight excluding hydrogens is 151 g/mol. The van der Waals surface area contributed by atoms with Crippen LogP contribution in [-0.2, 0) is 0 Å². The average molecular weight is 164 g/mol. The van der Waals surface area contributed by atoms with Crippen molar-refractivity contribution in [1.82, 2.24) is 0 Å². The summed E-state index contributed by atoms with van der Waals surface area (Å²) in [5.41, 5.74) is 1.31. The summed E-state index contributed by atoms with van der Waals surface area (Å²) in [7, 11) is 0. The largest absolute Gasteiger partial charge is 0.207 e. The van der Waals surface area contributed by atoms with Crippen molar-refractivity contribution in [2.45, 2.75) is 25.7 Å². The summed E-state index contributed by atoms with van der Waals surface area (Å²) in [5.74, 6) is 1.44. The molecule has 1 aliphatic carbocycles. The molecule has 0 unspecified atom stereocenters. The molecule has 0 bridgehead atoms. The van der Waals surface area contributed by atoms with E-state index in [9.17, 15) is 4.39 Å². The molecule has 0 heterocycles. The van der Waals surface area contributed by atoms with Gasteiger partial charge in [0.05, 0.1) is 0 Å². The van der Waals surface area contributed by atoms with Crippen LogP contribution in [0.2, 0.25) is 0 Å². The number of hydrogen-bond donors (Lipinski definition) is 0. The normalized spacial score (nSPS) is 27.2. The molecule has 12 heavy (non-hydrogen) atoms. The molecule has 1 fully saturated rings. The van der Waals surface area contributed by atoms with Crippen LogP contribution in [-0.4, -0.2) is 0 Å². The molecule has 1 aliphatic rings. The molecule has 1 saturated carbocycles. The van der Waals surface area contributed by atoms with Crippen LogP contribution < -0.4 is 0 Å². The van der Waals surface area contributed by atoms with Crippen LogP contribution in [0.25, 0.3) is 0 Å². The van der Waals surface area contributed by atoms with E-state index in [2.05, 4.69) is 6.92 Å². The standard InChI is InChI=1S/C11H13F/c1-2-8-7-11(8)9-3-5-10(12)6-4-9/h3-6,8,11H,2,7H2,1H3/t8-,11+/m0/s1. The molecule has 1 aromatic carbocycles. The van der Waals surface area contributed by atoms with E-state index < -0.39 is 0 Å². The fraction of sp³-hybridized carbons (Fsp3) is 0.455. The Morgan fingerprint density at radius 2 is 2.00 bits per heavy atom. The van der Waals surface area contributed by atoms with Gasteiger partial charge in [0.1, 0.15) is 5.82 Å². The van der Waals surface area contributed by atoms with Gasteiger partial charge in [-0.25, -0.2) is 4.39 Å². The van der Waals surface area contributed by atoms with Gasteiger partial charge in [-0.1, -0.05) is 25.5 Å². The number of benzene rings is 1. The predicted octanol–water partition coefficient (Wildman–Crippen LogP) is 3.34. The van der Waals surface area contributed by atoms with Crippen molar-refractivity contribution in [3.8, 4) is 0 Å². The average Bonchev–Trinajstić information content (AvgIpc) is 2.85. The monoisotopic (exact) mass is 164 g/mol. The second kappa shape index (κ2) is 2.89. The van der Waals surface area contributed by atoms with Crippen LogP contribution in [0, 0.1) is 11.7 Å². The van der Waals surface area contributed by atoms with E-state index in [0.717, 1.165) is 11.8 Å². The highest BCUT2D eigenvalue weighted by atomic mass is 19.1.